The maximum absolute atomic E-state index is 12.4. The Kier molecular flexibility index (Phi) is 4.78. The maximum atomic E-state index is 12.4. The zero-order chi connectivity index (χ0) is 18.7. The lowest BCUT2D eigenvalue weighted by Gasteiger charge is -2.08. The van der Waals surface area contributed by atoms with E-state index in [4.69, 9.17) is 9.26 Å². The predicted molar refractivity (Wildman–Crippen MR) is 91.8 cm³/mol. The van der Waals surface area contributed by atoms with Crippen LogP contribution in [0.1, 0.15) is 23.0 Å². The van der Waals surface area contributed by atoms with Crippen LogP contribution >= 0.6 is 0 Å². The molecule has 0 saturated heterocycles. The quantitative estimate of drug-likeness (QED) is 0.689. The maximum Gasteiger partial charge on any atom is 0.338 e. The van der Waals surface area contributed by atoms with Crippen molar-refractivity contribution in [3.8, 4) is 0 Å². The first-order chi connectivity index (χ1) is 12.5. The monoisotopic (exact) mass is 356 g/mol. The minimum Gasteiger partial charge on any atom is -0.462 e. The smallest absolute Gasteiger partial charge is 0.338 e. The molecule has 0 aliphatic rings. The summed E-state index contributed by atoms with van der Waals surface area (Å²) < 4.78 is 11.0. The van der Waals surface area contributed by atoms with Crippen molar-refractivity contribution in [3.63, 3.8) is 0 Å². The Morgan fingerprint density at radius 1 is 1.27 bits per heavy atom. The summed E-state index contributed by atoms with van der Waals surface area (Å²) in [5.41, 5.74) is 1.03. The summed E-state index contributed by atoms with van der Waals surface area (Å²) in [6, 6.07) is 6.26. The number of nitrogens with one attached hydrogen (secondary N) is 1. The summed E-state index contributed by atoms with van der Waals surface area (Å²) in [6.45, 7) is 3.42. The number of esters is 1. The summed E-state index contributed by atoms with van der Waals surface area (Å²) in [7, 11) is 0. The molecule has 9 heteroatoms. The van der Waals surface area contributed by atoms with Crippen LogP contribution in [0.15, 0.2) is 39.9 Å². The van der Waals surface area contributed by atoms with E-state index < -0.39 is 17.4 Å². The molecular formula is C17H16N4O5. The van der Waals surface area contributed by atoms with E-state index in [1.807, 2.05) is 0 Å². The van der Waals surface area contributed by atoms with Gasteiger partial charge in [0.25, 0.3) is 11.3 Å². The van der Waals surface area contributed by atoms with Gasteiger partial charge in [0.2, 0.25) is 5.91 Å². The fourth-order valence-corrected chi connectivity index (χ4v) is 2.38. The highest BCUT2D eigenvalue weighted by Gasteiger charge is 2.14. The molecule has 1 N–H and O–H groups in total. The van der Waals surface area contributed by atoms with Gasteiger partial charge in [0.15, 0.2) is 0 Å². The number of hydrogen-bond acceptors (Lipinski definition) is 7. The average molecular weight is 356 g/mol. The first-order valence-corrected chi connectivity index (χ1v) is 7.88. The summed E-state index contributed by atoms with van der Waals surface area (Å²) in [6.07, 6.45) is 1.23. The van der Waals surface area contributed by atoms with E-state index in [1.165, 1.54) is 10.9 Å². The SMILES string of the molecule is CCOC(=O)c1ccc(NC(=O)Cn2cnc3onc(C)c3c2=O)cc1. The molecule has 0 spiro atoms. The van der Waals surface area contributed by atoms with Crippen molar-refractivity contribution in [2.45, 2.75) is 20.4 Å². The zero-order valence-corrected chi connectivity index (χ0v) is 14.2. The Hall–Kier alpha value is -3.49. The second-order valence-electron chi connectivity index (χ2n) is 5.47. The molecule has 2 heterocycles. The largest absolute Gasteiger partial charge is 0.462 e. The van der Waals surface area contributed by atoms with Crippen LogP contribution in [-0.4, -0.2) is 33.2 Å². The third kappa shape index (κ3) is 3.46. The van der Waals surface area contributed by atoms with Crippen LogP contribution in [0.3, 0.4) is 0 Å². The lowest BCUT2D eigenvalue weighted by molar-refractivity contribution is -0.116. The number of carbonyl (C=O) groups excluding carboxylic acids is 2. The Balaban J connectivity index is 1.71. The minimum absolute atomic E-state index is 0.138. The molecule has 3 aromatic rings. The summed E-state index contributed by atoms with van der Waals surface area (Å²) in [4.78, 5) is 40.1. The fourth-order valence-electron chi connectivity index (χ4n) is 2.38. The fraction of sp³-hybridized carbons (Fsp3) is 0.235. The zero-order valence-electron chi connectivity index (χ0n) is 14.2. The second kappa shape index (κ2) is 7.18. The molecule has 0 aliphatic heterocycles. The molecule has 0 radical (unpaired) electrons. The Labute approximate surface area is 147 Å². The van der Waals surface area contributed by atoms with E-state index >= 15 is 0 Å². The number of nitrogens with zero attached hydrogens (tertiary/aromatic N) is 3. The van der Waals surface area contributed by atoms with Crippen LogP contribution in [0.5, 0.6) is 0 Å². The molecule has 2 aromatic heterocycles. The molecule has 1 aromatic carbocycles. The first kappa shape index (κ1) is 17.3. The molecule has 0 atom stereocenters. The molecule has 0 fully saturated rings. The van der Waals surface area contributed by atoms with Gasteiger partial charge >= 0.3 is 5.97 Å². The van der Waals surface area contributed by atoms with Crippen LogP contribution in [0, 0.1) is 6.92 Å². The predicted octanol–water partition coefficient (Wildman–Crippen LogP) is 1.51. The molecule has 1 amide bonds. The van der Waals surface area contributed by atoms with Gasteiger partial charge in [-0.2, -0.15) is 0 Å². The number of rotatable bonds is 5. The average Bonchev–Trinajstić information content (AvgIpc) is 3.00. The van der Waals surface area contributed by atoms with E-state index in [-0.39, 0.29) is 24.3 Å². The number of carbonyl (C=O) groups is 2. The van der Waals surface area contributed by atoms with Crippen LogP contribution in [0.25, 0.3) is 11.1 Å². The van der Waals surface area contributed by atoms with Gasteiger partial charge in [0, 0.05) is 5.69 Å². The molecular weight excluding hydrogens is 340 g/mol. The summed E-state index contributed by atoms with van der Waals surface area (Å²) in [5.74, 6) is -0.841. The van der Waals surface area contributed by atoms with Gasteiger partial charge in [-0.1, -0.05) is 5.16 Å². The van der Waals surface area contributed by atoms with Crippen molar-refractivity contribution in [1.82, 2.24) is 14.7 Å². The highest BCUT2D eigenvalue weighted by molar-refractivity contribution is 5.93. The van der Waals surface area contributed by atoms with Crippen LogP contribution < -0.4 is 10.9 Å². The minimum atomic E-state index is -0.430. The third-order valence-electron chi connectivity index (χ3n) is 3.63. The van der Waals surface area contributed by atoms with Gasteiger partial charge in [-0.25, -0.2) is 9.78 Å². The van der Waals surface area contributed by atoms with Gasteiger partial charge in [-0.3, -0.25) is 14.2 Å². The second-order valence-corrected chi connectivity index (χ2v) is 5.47. The number of aromatic nitrogens is 3. The molecule has 134 valence electrons. The van der Waals surface area contributed by atoms with Gasteiger partial charge in [-0.15, -0.1) is 0 Å². The summed E-state index contributed by atoms with van der Waals surface area (Å²) in [5, 5.41) is 6.59. The normalized spacial score (nSPS) is 10.7. The van der Waals surface area contributed by atoms with E-state index in [0.29, 0.717) is 16.9 Å². The van der Waals surface area contributed by atoms with Crippen LogP contribution in [0.4, 0.5) is 5.69 Å². The molecule has 0 aliphatic carbocycles. The number of aryl methyl sites for hydroxylation is 1. The van der Waals surface area contributed by atoms with E-state index in [9.17, 15) is 14.4 Å². The summed E-state index contributed by atoms with van der Waals surface area (Å²) >= 11 is 0. The molecule has 0 bridgehead atoms. The molecule has 0 saturated carbocycles. The number of anilines is 1. The molecule has 3 rings (SSSR count). The number of fused-ring (bicyclic) bond motifs is 1. The van der Waals surface area contributed by atoms with Gasteiger partial charge in [0.05, 0.1) is 17.9 Å². The van der Waals surface area contributed by atoms with Crippen LogP contribution in [-0.2, 0) is 16.1 Å². The van der Waals surface area contributed by atoms with Crippen molar-refractivity contribution >= 4 is 28.7 Å². The lowest BCUT2D eigenvalue weighted by Crippen LogP contribution is -2.27. The molecule has 26 heavy (non-hydrogen) atoms. The number of hydrogen-bond donors (Lipinski definition) is 1. The number of ether oxygens (including phenoxy) is 1. The van der Waals surface area contributed by atoms with Crippen molar-refractivity contribution in [3.05, 3.63) is 52.2 Å². The third-order valence-corrected chi connectivity index (χ3v) is 3.63. The number of benzene rings is 1. The number of amides is 1. The van der Waals surface area contributed by atoms with Crippen LogP contribution in [0.2, 0.25) is 0 Å². The highest BCUT2D eigenvalue weighted by atomic mass is 16.5. The standard InChI is InChI=1S/C17H16N4O5/c1-3-25-17(24)11-4-6-12(7-5-11)19-13(22)8-21-9-18-15-14(16(21)23)10(2)20-26-15/h4-7,9H,3,8H2,1-2H3,(H,19,22). The molecule has 9 nitrogen and oxygen atoms in total. The Morgan fingerprint density at radius 3 is 2.69 bits per heavy atom. The molecule has 0 unspecified atom stereocenters. The van der Waals surface area contributed by atoms with Gasteiger partial charge in [0.1, 0.15) is 18.3 Å². The van der Waals surface area contributed by atoms with Gasteiger partial charge < -0.3 is 14.6 Å². The lowest BCUT2D eigenvalue weighted by atomic mass is 10.2. The first-order valence-electron chi connectivity index (χ1n) is 7.88. The van der Waals surface area contributed by atoms with Gasteiger partial charge in [-0.05, 0) is 38.1 Å². The van der Waals surface area contributed by atoms with E-state index in [2.05, 4.69) is 15.5 Å². The van der Waals surface area contributed by atoms with Crippen molar-refractivity contribution in [1.29, 1.82) is 0 Å². The Morgan fingerprint density at radius 2 is 2.00 bits per heavy atom. The van der Waals surface area contributed by atoms with E-state index in [0.717, 1.165) is 0 Å². The highest BCUT2D eigenvalue weighted by Crippen LogP contribution is 2.12. The Bertz CT molecular complexity index is 1020. The van der Waals surface area contributed by atoms with E-state index in [1.54, 1.807) is 38.1 Å². The topological polar surface area (TPSA) is 116 Å². The van der Waals surface area contributed by atoms with Crippen molar-refractivity contribution in [2.24, 2.45) is 0 Å². The van der Waals surface area contributed by atoms with Crippen molar-refractivity contribution in [2.75, 3.05) is 11.9 Å². The van der Waals surface area contributed by atoms with Crippen molar-refractivity contribution < 1.29 is 18.8 Å².